The van der Waals surface area contributed by atoms with E-state index in [0.717, 1.165) is 48.5 Å². The van der Waals surface area contributed by atoms with Crippen LogP contribution in [0.1, 0.15) is 25.3 Å². The Balaban J connectivity index is 1.24. The summed E-state index contributed by atoms with van der Waals surface area (Å²) >= 11 is 0. The maximum Gasteiger partial charge on any atom is 0.412 e. The molecule has 1 amide bonds. The number of nitrogens with zero attached hydrogens (tertiary/aromatic N) is 7. The molecule has 0 N–H and O–H groups in total. The largest absolute Gasteiger partial charge is 0.440 e. The third-order valence-corrected chi connectivity index (χ3v) is 7.29. The van der Waals surface area contributed by atoms with Crippen molar-refractivity contribution in [3.63, 3.8) is 0 Å². The number of benzene rings is 2. The highest BCUT2D eigenvalue weighted by molar-refractivity contribution is 5.79. The molecule has 4 aromatic rings. The lowest BCUT2D eigenvalue weighted by molar-refractivity contribution is 0.0380. The van der Waals surface area contributed by atoms with Gasteiger partial charge in [0.15, 0.2) is 0 Å². The smallest absolute Gasteiger partial charge is 0.412 e. The van der Waals surface area contributed by atoms with Gasteiger partial charge in [0.1, 0.15) is 5.82 Å². The van der Waals surface area contributed by atoms with Crippen LogP contribution in [0, 0.1) is 5.82 Å². The molecule has 0 spiro atoms. The highest BCUT2D eigenvalue weighted by Gasteiger charge is 2.27. The van der Waals surface area contributed by atoms with Gasteiger partial charge in [-0.2, -0.15) is 4.98 Å². The van der Waals surface area contributed by atoms with Crippen LogP contribution < -0.4 is 14.5 Å². The van der Waals surface area contributed by atoms with E-state index in [1.54, 1.807) is 19.3 Å². The molecule has 210 valence electrons. The van der Waals surface area contributed by atoms with Crippen molar-refractivity contribution in [2.45, 2.75) is 32.4 Å². The Labute approximate surface area is 233 Å². The van der Waals surface area contributed by atoms with Gasteiger partial charge in [0.25, 0.3) is 0 Å². The minimum atomic E-state index is -0.452. The third-order valence-electron chi connectivity index (χ3n) is 7.29. The lowest BCUT2D eigenvalue weighted by Gasteiger charge is -2.37. The van der Waals surface area contributed by atoms with Gasteiger partial charge in [-0.1, -0.05) is 24.3 Å². The standard InChI is InChI=1S/C29H34FN7O3/c1-4-34(2)29(38)40-20-39-26-13-16-31-27(33-26)35(3)23-14-17-36(18-15-23)28-32-24-7-5-6-8-25(24)37(28)19-21-9-11-22(30)12-10-21/h5-13,16,23H,4,14-15,17-20H2,1-3H3. The number of rotatable bonds is 9. The van der Waals surface area contributed by atoms with Gasteiger partial charge in [0.2, 0.25) is 24.6 Å². The fourth-order valence-electron chi connectivity index (χ4n) is 4.81. The summed E-state index contributed by atoms with van der Waals surface area (Å²) in [5.74, 6) is 1.57. The monoisotopic (exact) mass is 547 g/mol. The number of carbonyl (C=O) groups is 1. The fraction of sp³-hybridized carbons (Fsp3) is 0.379. The minimum Gasteiger partial charge on any atom is -0.440 e. The number of carbonyl (C=O) groups excluding carboxylic acids is 1. The number of fused-ring (bicyclic) bond motifs is 1. The van der Waals surface area contributed by atoms with Crippen LogP contribution in [-0.2, 0) is 11.3 Å². The van der Waals surface area contributed by atoms with E-state index in [-0.39, 0.29) is 18.7 Å². The molecule has 0 aliphatic carbocycles. The predicted octanol–water partition coefficient (Wildman–Crippen LogP) is 4.54. The van der Waals surface area contributed by atoms with Crippen LogP contribution in [-0.4, -0.2) is 77.1 Å². The number of ether oxygens (including phenoxy) is 2. The Kier molecular flexibility index (Phi) is 8.28. The summed E-state index contributed by atoms with van der Waals surface area (Å²) in [5, 5.41) is 0. The molecule has 0 atom stereocenters. The van der Waals surface area contributed by atoms with Gasteiger partial charge in [-0.25, -0.2) is 19.2 Å². The Morgan fingerprint density at radius 2 is 1.80 bits per heavy atom. The van der Waals surface area contributed by atoms with E-state index in [0.29, 0.717) is 24.9 Å². The lowest BCUT2D eigenvalue weighted by atomic mass is 10.0. The van der Waals surface area contributed by atoms with Crippen molar-refractivity contribution >= 4 is 29.0 Å². The summed E-state index contributed by atoms with van der Waals surface area (Å²) in [6.45, 7) is 4.44. The second-order valence-electron chi connectivity index (χ2n) is 9.82. The van der Waals surface area contributed by atoms with E-state index in [1.807, 2.05) is 44.3 Å². The second kappa shape index (κ2) is 12.2. The third kappa shape index (κ3) is 6.08. The van der Waals surface area contributed by atoms with E-state index in [4.69, 9.17) is 14.5 Å². The normalized spacial score (nSPS) is 13.8. The Morgan fingerprint density at radius 1 is 1.05 bits per heavy atom. The highest BCUT2D eigenvalue weighted by Crippen LogP contribution is 2.28. The zero-order chi connectivity index (χ0) is 28.1. The van der Waals surface area contributed by atoms with Crippen molar-refractivity contribution in [1.82, 2.24) is 24.4 Å². The Morgan fingerprint density at radius 3 is 2.55 bits per heavy atom. The molecule has 2 aromatic carbocycles. The van der Waals surface area contributed by atoms with Crippen LogP contribution in [0.25, 0.3) is 11.0 Å². The number of anilines is 2. The molecule has 2 aromatic heterocycles. The molecule has 5 rings (SSSR count). The number of hydrogen-bond acceptors (Lipinski definition) is 8. The number of amides is 1. The summed E-state index contributed by atoms with van der Waals surface area (Å²) in [6.07, 6.45) is 2.98. The maximum absolute atomic E-state index is 13.5. The van der Waals surface area contributed by atoms with Crippen LogP contribution in [0.4, 0.5) is 21.1 Å². The molecule has 0 radical (unpaired) electrons. The van der Waals surface area contributed by atoms with Crippen molar-refractivity contribution in [2.24, 2.45) is 0 Å². The van der Waals surface area contributed by atoms with Gasteiger partial charge in [-0.05, 0) is 49.6 Å². The van der Waals surface area contributed by atoms with Crippen molar-refractivity contribution in [1.29, 1.82) is 0 Å². The Hall–Kier alpha value is -4.41. The number of halogens is 1. The molecule has 3 heterocycles. The summed E-state index contributed by atoms with van der Waals surface area (Å²) in [4.78, 5) is 31.6. The van der Waals surface area contributed by atoms with E-state index < -0.39 is 6.09 Å². The first-order valence-electron chi connectivity index (χ1n) is 13.4. The van der Waals surface area contributed by atoms with Gasteiger partial charge in [-0.3, -0.25) is 0 Å². The van der Waals surface area contributed by atoms with Crippen molar-refractivity contribution < 1.29 is 18.7 Å². The number of aromatic nitrogens is 4. The summed E-state index contributed by atoms with van der Waals surface area (Å²) in [6, 6.07) is 16.6. The predicted molar refractivity (Wildman–Crippen MR) is 151 cm³/mol. The molecule has 0 bridgehead atoms. The first-order chi connectivity index (χ1) is 19.4. The average molecular weight is 548 g/mol. The quantitative estimate of drug-likeness (QED) is 0.282. The molecule has 1 aliphatic heterocycles. The molecule has 1 saturated heterocycles. The van der Waals surface area contributed by atoms with Gasteiger partial charge >= 0.3 is 6.09 Å². The lowest BCUT2D eigenvalue weighted by Crippen LogP contribution is -2.44. The number of para-hydroxylation sites is 2. The summed E-state index contributed by atoms with van der Waals surface area (Å²) < 4.78 is 26.3. The highest BCUT2D eigenvalue weighted by atomic mass is 19.1. The van der Waals surface area contributed by atoms with E-state index in [9.17, 15) is 9.18 Å². The molecule has 0 saturated carbocycles. The molecule has 0 unspecified atom stereocenters. The summed E-state index contributed by atoms with van der Waals surface area (Å²) in [5.41, 5.74) is 3.02. The van der Waals surface area contributed by atoms with Crippen LogP contribution in [0.5, 0.6) is 5.88 Å². The van der Waals surface area contributed by atoms with Crippen LogP contribution in [0.2, 0.25) is 0 Å². The number of imidazole rings is 1. The zero-order valence-electron chi connectivity index (χ0n) is 23.0. The molecule has 10 nitrogen and oxygen atoms in total. The van der Waals surface area contributed by atoms with Crippen LogP contribution in [0.15, 0.2) is 60.8 Å². The topological polar surface area (TPSA) is 88.9 Å². The van der Waals surface area contributed by atoms with E-state index >= 15 is 0 Å². The molecular weight excluding hydrogens is 513 g/mol. The van der Waals surface area contributed by atoms with Crippen molar-refractivity contribution in [3.05, 3.63) is 72.2 Å². The fourth-order valence-corrected chi connectivity index (χ4v) is 4.81. The molecule has 40 heavy (non-hydrogen) atoms. The van der Waals surface area contributed by atoms with E-state index in [1.165, 1.54) is 17.0 Å². The number of hydrogen-bond donors (Lipinski definition) is 0. The SMILES string of the molecule is CCN(C)C(=O)OCOc1ccnc(N(C)C2CCN(c3nc4ccccc4n3Cc3ccc(F)cc3)CC2)n1. The van der Waals surface area contributed by atoms with Crippen LogP contribution in [0.3, 0.4) is 0 Å². The van der Waals surface area contributed by atoms with Gasteiger partial charge in [0.05, 0.1) is 17.6 Å². The minimum absolute atomic E-state index is 0.222. The molecule has 1 fully saturated rings. The molecular formula is C29H34FN7O3. The first kappa shape index (κ1) is 27.2. The first-order valence-corrected chi connectivity index (χ1v) is 13.4. The molecule has 11 heteroatoms. The van der Waals surface area contributed by atoms with Crippen molar-refractivity contribution in [2.75, 3.05) is 50.3 Å². The number of piperidine rings is 1. The van der Waals surface area contributed by atoms with Gasteiger partial charge in [0, 0.05) is 52.0 Å². The van der Waals surface area contributed by atoms with Crippen molar-refractivity contribution in [3.8, 4) is 5.88 Å². The van der Waals surface area contributed by atoms with Crippen LogP contribution >= 0.6 is 0 Å². The van der Waals surface area contributed by atoms with E-state index in [2.05, 4.69) is 30.4 Å². The molecule has 1 aliphatic rings. The zero-order valence-corrected chi connectivity index (χ0v) is 23.0. The second-order valence-corrected chi connectivity index (χ2v) is 9.82. The Bertz CT molecular complexity index is 1440. The van der Waals surface area contributed by atoms with Gasteiger partial charge < -0.3 is 28.7 Å². The average Bonchev–Trinajstić information content (AvgIpc) is 3.35. The maximum atomic E-state index is 13.5. The summed E-state index contributed by atoms with van der Waals surface area (Å²) in [7, 11) is 3.64. The van der Waals surface area contributed by atoms with Gasteiger partial charge in [-0.15, -0.1) is 0 Å².